The summed E-state index contributed by atoms with van der Waals surface area (Å²) in [6.45, 7) is 3.99. The van der Waals surface area contributed by atoms with Crippen LogP contribution in [0.25, 0.3) is 0 Å². The molecular formula is C26H34N2O2S. The number of hydrogen-bond acceptors (Lipinski definition) is 4. The van der Waals surface area contributed by atoms with Gasteiger partial charge in [-0.2, -0.15) is 11.3 Å². The van der Waals surface area contributed by atoms with E-state index in [1.54, 1.807) is 18.4 Å². The number of rotatable bonds is 5. The molecule has 4 nitrogen and oxygen atoms in total. The number of amides is 1. The molecular weight excluding hydrogens is 404 g/mol. The number of thiophene rings is 1. The molecule has 1 saturated carbocycles. The summed E-state index contributed by atoms with van der Waals surface area (Å²) in [4.78, 5) is 18.4. The second-order valence-electron chi connectivity index (χ2n) is 9.60. The Bertz CT molecular complexity index is 877. The third-order valence-corrected chi connectivity index (χ3v) is 8.47. The first-order valence-corrected chi connectivity index (χ1v) is 12.8. The van der Waals surface area contributed by atoms with Gasteiger partial charge in [-0.05, 0) is 59.3 Å². The number of methoxy groups -OCH3 is 1. The van der Waals surface area contributed by atoms with Gasteiger partial charge in [-0.3, -0.25) is 9.69 Å². The number of ether oxygens (including phenoxy) is 1. The van der Waals surface area contributed by atoms with Crippen LogP contribution in [0.3, 0.4) is 0 Å². The van der Waals surface area contributed by atoms with Crippen LogP contribution in [0.1, 0.15) is 55.6 Å². The van der Waals surface area contributed by atoms with Crippen LogP contribution in [0.2, 0.25) is 0 Å². The van der Waals surface area contributed by atoms with Crippen LogP contribution in [-0.2, 0) is 11.3 Å². The summed E-state index contributed by atoms with van der Waals surface area (Å²) >= 11 is 1.78. The van der Waals surface area contributed by atoms with Gasteiger partial charge in [0.1, 0.15) is 5.75 Å². The monoisotopic (exact) mass is 438 g/mol. The molecule has 1 amide bonds. The zero-order valence-electron chi connectivity index (χ0n) is 18.5. The molecule has 3 fully saturated rings. The van der Waals surface area contributed by atoms with Crippen molar-refractivity contribution < 1.29 is 9.53 Å². The van der Waals surface area contributed by atoms with Gasteiger partial charge in [0.25, 0.3) is 0 Å². The first-order chi connectivity index (χ1) is 15.2. The van der Waals surface area contributed by atoms with Crippen molar-refractivity contribution in [1.82, 2.24) is 9.80 Å². The lowest BCUT2D eigenvalue weighted by atomic mass is 9.82. The van der Waals surface area contributed by atoms with Gasteiger partial charge >= 0.3 is 0 Å². The number of benzene rings is 1. The first kappa shape index (κ1) is 21.0. The predicted molar refractivity (Wildman–Crippen MR) is 126 cm³/mol. The number of hydrogen-bond donors (Lipinski definition) is 0. The second-order valence-corrected chi connectivity index (χ2v) is 10.4. The number of carbonyl (C=O) groups excluding carboxylic acids is 1. The summed E-state index contributed by atoms with van der Waals surface area (Å²) in [6, 6.07) is 11.1. The molecule has 1 aromatic heterocycles. The summed E-state index contributed by atoms with van der Waals surface area (Å²) in [5, 5.41) is 4.49. The minimum absolute atomic E-state index is 0.269. The lowest BCUT2D eigenvalue weighted by molar-refractivity contribution is -0.138. The van der Waals surface area contributed by atoms with Crippen molar-refractivity contribution in [1.29, 1.82) is 0 Å². The Morgan fingerprint density at radius 3 is 2.77 bits per heavy atom. The highest BCUT2D eigenvalue weighted by Crippen LogP contribution is 2.43. The molecule has 1 aromatic carbocycles. The van der Waals surface area contributed by atoms with Gasteiger partial charge in [0.15, 0.2) is 0 Å². The van der Waals surface area contributed by atoms with Crippen molar-refractivity contribution >= 4 is 17.2 Å². The lowest BCUT2D eigenvalue weighted by Crippen LogP contribution is -2.49. The Labute approximate surface area is 190 Å². The van der Waals surface area contributed by atoms with E-state index in [1.165, 1.54) is 30.4 Å². The standard InChI is InChI=1S/C26H34N2O2S/c1-30-22-9-5-6-19(14-22)15-27-12-10-25-24(16-27)23(21-11-13-31-18-21)17-28(25)26(29)20-7-3-2-4-8-20/h5-6,9,11,13-14,18,20,23-25H,2-4,7-8,10,12,15-17H2,1H3/t23-,24-,25-/m1/s1. The van der Waals surface area contributed by atoms with E-state index in [2.05, 4.69) is 44.8 Å². The van der Waals surface area contributed by atoms with Gasteiger partial charge in [0, 0.05) is 50.0 Å². The van der Waals surface area contributed by atoms with Gasteiger partial charge in [0.2, 0.25) is 5.91 Å². The molecule has 31 heavy (non-hydrogen) atoms. The van der Waals surface area contributed by atoms with E-state index < -0.39 is 0 Å². The van der Waals surface area contributed by atoms with Gasteiger partial charge in [-0.1, -0.05) is 31.4 Å². The van der Waals surface area contributed by atoms with E-state index in [4.69, 9.17) is 4.74 Å². The van der Waals surface area contributed by atoms with Crippen molar-refractivity contribution in [2.24, 2.45) is 11.8 Å². The third-order valence-electron chi connectivity index (χ3n) is 7.76. The minimum atomic E-state index is 0.269. The fourth-order valence-corrected chi connectivity index (χ4v) is 6.88. The van der Waals surface area contributed by atoms with E-state index in [9.17, 15) is 4.79 Å². The Balaban J connectivity index is 1.33. The number of fused-ring (bicyclic) bond motifs is 1. The summed E-state index contributed by atoms with van der Waals surface area (Å²) in [5.41, 5.74) is 2.74. The van der Waals surface area contributed by atoms with Gasteiger partial charge in [-0.25, -0.2) is 0 Å². The van der Waals surface area contributed by atoms with E-state index in [1.807, 2.05) is 6.07 Å². The van der Waals surface area contributed by atoms with Crippen molar-refractivity contribution in [2.75, 3.05) is 26.7 Å². The SMILES string of the molecule is COc1cccc(CN2CC[C@@H]3[C@H](C2)[C@@H](c2ccsc2)CN3C(=O)C2CCCCC2)c1. The van der Waals surface area contributed by atoms with Crippen LogP contribution in [-0.4, -0.2) is 48.5 Å². The zero-order chi connectivity index (χ0) is 21.2. The molecule has 5 rings (SSSR count). The first-order valence-electron chi connectivity index (χ1n) is 11.9. The van der Waals surface area contributed by atoms with Crippen LogP contribution >= 0.6 is 11.3 Å². The van der Waals surface area contributed by atoms with Crippen LogP contribution < -0.4 is 4.74 Å². The quantitative estimate of drug-likeness (QED) is 0.647. The molecule has 3 atom stereocenters. The maximum atomic E-state index is 13.5. The normalized spacial score (nSPS) is 27.3. The maximum Gasteiger partial charge on any atom is 0.225 e. The smallest absolute Gasteiger partial charge is 0.225 e. The van der Waals surface area contributed by atoms with Gasteiger partial charge < -0.3 is 9.64 Å². The van der Waals surface area contributed by atoms with Gasteiger partial charge in [0.05, 0.1) is 7.11 Å². The van der Waals surface area contributed by atoms with Crippen LogP contribution in [0.5, 0.6) is 5.75 Å². The second kappa shape index (κ2) is 9.33. The van der Waals surface area contributed by atoms with E-state index in [-0.39, 0.29) is 5.92 Å². The average Bonchev–Trinajstić information content (AvgIpc) is 3.47. The molecule has 0 radical (unpaired) electrons. The summed E-state index contributed by atoms with van der Waals surface area (Å²) in [5.74, 6) is 2.64. The Hall–Kier alpha value is -1.85. The van der Waals surface area contributed by atoms with E-state index >= 15 is 0 Å². The molecule has 3 heterocycles. The highest BCUT2D eigenvalue weighted by atomic mass is 32.1. The molecule has 2 aliphatic heterocycles. The molecule has 0 spiro atoms. The Kier molecular flexibility index (Phi) is 6.33. The molecule has 2 saturated heterocycles. The van der Waals surface area contributed by atoms with Crippen molar-refractivity contribution in [2.45, 2.75) is 57.0 Å². The predicted octanol–water partition coefficient (Wildman–Crippen LogP) is 5.15. The summed E-state index contributed by atoms with van der Waals surface area (Å²) in [6.07, 6.45) is 7.02. The molecule has 2 aromatic rings. The highest BCUT2D eigenvalue weighted by molar-refractivity contribution is 7.08. The number of carbonyl (C=O) groups is 1. The molecule has 0 N–H and O–H groups in total. The molecule has 1 aliphatic carbocycles. The van der Waals surface area contributed by atoms with E-state index in [0.717, 1.165) is 51.2 Å². The number of likely N-dealkylation sites (tertiary alicyclic amines) is 2. The third kappa shape index (κ3) is 4.40. The van der Waals surface area contributed by atoms with E-state index in [0.29, 0.717) is 23.8 Å². The van der Waals surface area contributed by atoms with Crippen molar-refractivity contribution in [3.05, 3.63) is 52.2 Å². The summed E-state index contributed by atoms with van der Waals surface area (Å²) < 4.78 is 5.42. The van der Waals surface area contributed by atoms with Crippen LogP contribution in [0, 0.1) is 11.8 Å². The molecule has 0 unspecified atom stereocenters. The van der Waals surface area contributed by atoms with Crippen molar-refractivity contribution in [3.8, 4) is 5.75 Å². The lowest BCUT2D eigenvalue weighted by Gasteiger charge is -2.40. The average molecular weight is 439 g/mol. The highest BCUT2D eigenvalue weighted by Gasteiger charge is 2.48. The maximum absolute atomic E-state index is 13.5. The molecule has 0 bridgehead atoms. The number of piperidine rings is 1. The minimum Gasteiger partial charge on any atom is -0.497 e. The largest absolute Gasteiger partial charge is 0.497 e. The topological polar surface area (TPSA) is 32.8 Å². The summed E-state index contributed by atoms with van der Waals surface area (Å²) in [7, 11) is 1.73. The van der Waals surface area contributed by atoms with Gasteiger partial charge in [-0.15, -0.1) is 0 Å². The Morgan fingerprint density at radius 1 is 1.13 bits per heavy atom. The fraction of sp³-hybridized carbons (Fsp3) is 0.577. The molecule has 3 aliphatic rings. The van der Waals surface area contributed by atoms with Crippen molar-refractivity contribution in [3.63, 3.8) is 0 Å². The van der Waals surface area contributed by atoms with Crippen LogP contribution in [0.4, 0.5) is 0 Å². The molecule has 166 valence electrons. The van der Waals surface area contributed by atoms with Crippen LogP contribution in [0.15, 0.2) is 41.1 Å². The molecule has 5 heteroatoms. The zero-order valence-corrected chi connectivity index (χ0v) is 19.4. The Morgan fingerprint density at radius 2 is 2.00 bits per heavy atom. The fourth-order valence-electron chi connectivity index (χ4n) is 6.15. The number of nitrogens with zero attached hydrogens (tertiary/aromatic N) is 2.